The summed E-state index contributed by atoms with van der Waals surface area (Å²) >= 11 is 0. The average molecular weight is 228 g/mol. The van der Waals surface area contributed by atoms with Gasteiger partial charge in [0.05, 0.1) is 0 Å². The number of benzene rings is 1. The van der Waals surface area contributed by atoms with Gasteiger partial charge in [0.15, 0.2) is 0 Å². The maximum absolute atomic E-state index is 5.65. The van der Waals surface area contributed by atoms with Crippen LogP contribution in [-0.4, -0.2) is 4.98 Å². The molecule has 2 N–H and O–H groups in total. The maximum Gasteiger partial charge on any atom is 0.219 e. The molecule has 0 unspecified atom stereocenters. The zero-order valence-corrected chi connectivity index (χ0v) is 9.89. The van der Waals surface area contributed by atoms with Crippen LogP contribution in [0.3, 0.4) is 0 Å². The monoisotopic (exact) mass is 228 g/mol. The summed E-state index contributed by atoms with van der Waals surface area (Å²) in [6, 6.07) is 11.8. The SMILES string of the molecule is CCc1ccc(Oc2cc(CN)ccn2)cc1. The van der Waals surface area contributed by atoms with Crippen LogP contribution in [0.5, 0.6) is 11.6 Å². The number of nitrogens with two attached hydrogens (primary N) is 1. The molecule has 0 aliphatic rings. The summed E-state index contributed by atoms with van der Waals surface area (Å²) < 4.78 is 5.65. The summed E-state index contributed by atoms with van der Waals surface area (Å²) in [4.78, 5) is 4.15. The van der Waals surface area contributed by atoms with Crippen molar-refractivity contribution >= 4 is 0 Å². The normalized spacial score (nSPS) is 10.2. The van der Waals surface area contributed by atoms with E-state index in [-0.39, 0.29) is 0 Å². The summed E-state index contributed by atoms with van der Waals surface area (Å²) in [5, 5.41) is 0. The molecule has 0 bridgehead atoms. The minimum atomic E-state index is 0.494. The van der Waals surface area contributed by atoms with E-state index in [0.29, 0.717) is 12.4 Å². The molecular formula is C14H16N2O. The van der Waals surface area contributed by atoms with Crippen LogP contribution in [0.4, 0.5) is 0 Å². The molecule has 0 fully saturated rings. The Kier molecular flexibility index (Phi) is 3.73. The summed E-state index contributed by atoms with van der Waals surface area (Å²) in [5.41, 5.74) is 7.87. The van der Waals surface area contributed by atoms with E-state index in [4.69, 9.17) is 10.5 Å². The van der Waals surface area contributed by atoms with Crippen molar-refractivity contribution in [2.24, 2.45) is 5.73 Å². The van der Waals surface area contributed by atoms with Gasteiger partial charge >= 0.3 is 0 Å². The van der Waals surface area contributed by atoms with Gasteiger partial charge in [-0.25, -0.2) is 4.98 Å². The first-order chi connectivity index (χ1) is 8.31. The fourth-order valence-corrected chi connectivity index (χ4v) is 1.55. The van der Waals surface area contributed by atoms with Crippen LogP contribution in [0.2, 0.25) is 0 Å². The van der Waals surface area contributed by atoms with Gasteiger partial charge in [-0.3, -0.25) is 0 Å². The highest BCUT2D eigenvalue weighted by molar-refractivity contribution is 5.31. The van der Waals surface area contributed by atoms with Gasteiger partial charge in [-0.05, 0) is 35.7 Å². The van der Waals surface area contributed by atoms with Gasteiger partial charge in [0, 0.05) is 18.8 Å². The van der Waals surface area contributed by atoms with Crippen LogP contribution in [0.15, 0.2) is 42.6 Å². The summed E-state index contributed by atoms with van der Waals surface area (Å²) in [6.07, 6.45) is 2.74. The van der Waals surface area contributed by atoms with Gasteiger partial charge in [-0.1, -0.05) is 19.1 Å². The molecule has 1 heterocycles. The van der Waals surface area contributed by atoms with Crippen molar-refractivity contribution < 1.29 is 4.74 Å². The third-order valence-electron chi connectivity index (χ3n) is 2.59. The highest BCUT2D eigenvalue weighted by Gasteiger charge is 1.99. The van der Waals surface area contributed by atoms with E-state index in [1.165, 1.54) is 5.56 Å². The lowest BCUT2D eigenvalue weighted by molar-refractivity contribution is 0.462. The van der Waals surface area contributed by atoms with Gasteiger partial charge < -0.3 is 10.5 Å². The molecule has 0 aliphatic carbocycles. The smallest absolute Gasteiger partial charge is 0.219 e. The predicted octanol–water partition coefficient (Wildman–Crippen LogP) is 2.90. The molecule has 0 aliphatic heterocycles. The molecule has 0 spiro atoms. The van der Waals surface area contributed by atoms with Crippen molar-refractivity contribution in [3.05, 3.63) is 53.7 Å². The van der Waals surface area contributed by atoms with Crippen molar-refractivity contribution in [3.8, 4) is 11.6 Å². The first-order valence-corrected chi connectivity index (χ1v) is 5.73. The van der Waals surface area contributed by atoms with Crippen molar-refractivity contribution in [2.45, 2.75) is 19.9 Å². The number of ether oxygens (including phenoxy) is 1. The number of hydrogen-bond donors (Lipinski definition) is 1. The third-order valence-corrected chi connectivity index (χ3v) is 2.59. The first kappa shape index (κ1) is 11.6. The highest BCUT2D eigenvalue weighted by atomic mass is 16.5. The van der Waals surface area contributed by atoms with Gasteiger partial charge in [0.25, 0.3) is 0 Å². The van der Waals surface area contributed by atoms with E-state index in [2.05, 4.69) is 24.0 Å². The molecule has 0 atom stereocenters. The molecular weight excluding hydrogens is 212 g/mol. The zero-order valence-electron chi connectivity index (χ0n) is 9.89. The second-order valence-corrected chi connectivity index (χ2v) is 3.81. The minimum Gasteiger partial charge on any atom is -0.439 e. The number of rotatable bonds is 4. The Morgan fingerprint density at radius 1 is 1.12 bits per heavy atom. The molecule has 17 heavy (non-hydrogen) atoms. The largest absolute Gasteiger partial charge is 0.439 e. The Labute approximate surface area is 101 Å². The molecule has 3 heteroatoms. The summed E-state index contributed by atoms with van der Waals surface area (Å²) in [7, 11) is 0. The molecule has 0 saturated carbocycles. The van der Waals surface area contributed by atoms with Crippen LogP contribution in [0, 0.1) is 0 Å². The summed E-state index contributed by atoms with van der Waals surface area (Å²) in [5.74, 6) is 1.38. The van der Waals surface area contributed by atoms with Crippen molar-refractivity contribution in [1.29, 1.82) is 0 Å². The van der Waals surface area contributed by atoms with Gasteiger partial charge in [0.2, 0.25) is 5.88 Å². The molecule has 1 aromatic heterocycles. The van der Waals surface area contributed by atoms with Crippen molar-refractivity contribution in [3.63, 3.8) is 0 Å². The van der Waals surface area contributed by atoms with E-state index >= 15 is 0 Å². The van der Waals surface area contributed by atoms with Crippen molar-refractivity contribution in [2.75, 3.05) is 0 Å². The first-order valence-electron chi connectivity index (χ1n) is 5.73. The Morgan fingerprint density at radius 2 is 1.88 bits per heavy atom. The van der Waals surface area contributed by atoms with E-state index in [1.807, 2.05) is 24.3 Å². The second-order valence-electron chi connectivity index (χ2n) is 3.81. The van der Waals surface area contributed by atoms with Crippen LogP contribution < -0.4 is 10.5 Å². The Balaban J connectivity index is 2.13. The van der Waals surface area contributed by atoms with Gasteiger partial charge in [0.1, 0.15) is 5.75 Å². The lowest BCUT2D eigenvalue weighted by atomic mass is 10.2. The molecule has 88 valence electrons. The maximum atomic E-state index is 5.65. The lowest BCUT2D eigenvalue weighted by Crippen LogP contribution is -1.97. The van der Waals surface area contributed by atoms with Gasteiger partial charge in [-0.15, -0.1) is 0 Å². The van der Waals surface area contributed by atoms with Crippen LogP contribution in [-0.2, 0) is 13.0 Å². The number of aromatic nitrogens is 1. The molecule has 0 amide bonds. The fourth-order valence-electron chi connectivity index (χ4n) is 1.55. The second kappa shape index (κ2) is 5.46. The molecule has 2 aromatic rings. The molecule has 0 saturated heterocycles. The van der Waals surface area contributed by atoms with E-state index in [1.54, 1.807) is 6.20 Å². The minimum absolute atomic E-state index is 0.494. The van der Waals surface area contributed by atoms with E-state index in [9.17, 15) is 0 Å². The molecule has 3 nitrogen and oxygen atoms in total. The molecule has 2 rings (SSSR count). The van der Waals surface area contributed by atoms with Crippen molar-refractivity contribution in [1.82, 2.24) is 4.98 Å². The third kappa shape index (κ3) is 3.04. The number of hydrogen-bond acceptors (Lipinski definition) is 3. The predicted molar refractivity (Wildman–Crippen MR) is 68.0 cm³/mol. The highest BCUT2D eigenvalue weighted by Crippen LogP contribution is 2.20. The fraction of sp³-hybridized carbons (Fsp3) is 0.214. The van der Waals surface area contributed by atoms with Crippen LogP contribution in [0.25, 0.3) is 0 Å². The van der Waals surface area contributed by atoms with E-state index < -0.39 is 0 Å². The van der Waals surface area contributed by atoms with E-state index in [0.717, 1.165) is 17.7 Å². The number of aryl methyl sites for hydroxylation is 1. The summed E-state index contributed by atoms with van der Waals surface area (Å²) in [6.45, 7) is 2.62. The lowest BCUT2D eigenvalue weighted by Gasteiger charge is -2.06. The Bertz CT molecular complexity index is 480. The quantitative estimate of drug-likeness (QED) is 0.875. The average Bonchev–Trinajstić information content (AvgIpc) is 2.40. The Hall–Kier alpha value is -1.87. The Morgan fingerprint density at radius 3 is 2.53 bits per heavy atom. The van der Waals surface area contributed by atoms with Crippen LogP contribution in [0.1, 0.15) is 18.1 Å². The number of pyridine rings is 1. The standard InChI is InChI=1S/C14H16N2O/c1-2-11-3-5-13(6-4-11)17-14-9-12(10-15)7-8-16-14/h3-9H,2,10,15H2,1H3. The zero-order chi connectivity index (χ0) is 12.1. The topological polar surface area (TPSA) is 48.1 Å². The van der Waals surface area contributed by atoms with Gasteiger partial charge in [-0.2, -0.15) is 0 Å². The van der Waals surface area contributed by atoms with Crippen LogP contribution >= 0.6 is 0 Å². The number of nitrogens with zero attached hydrogens (tertiary/aromatic N) is 1. The molecule has 1 aromatic carbocycles. The molecule has 0 radical (unpaired) electrons.